The lowest BCUT2D eigenvalue weighted by atomic mass is 9.79. The second-order valence-electron chi connectivity index (χ2n) is 6.36. The molecule has 1 saturated carbocycles. The zero-order chi connectivity index (χ0) is 13.7. The molecule has 2 heteroatoms. The lowest BCUT2D eigenvalue weighted by molar-refractivity contribution is -0.130. The van der Waals surface area contributed by atoms with E-state index in [0.717, 1.165) is 37.8 Å². The lowest BCUT2D eigenvalue weighted by Gasteiger charge is -2.29. The first-order valence-corrected chi connectivity index (χ1v) is 7.64. The van der Waals surface area contributed by atoms with Crippen molar-refractivity contribution < 1.29 is 4.79 Å². The van der Waals surface area contributed by atoms with Gasteiger partial charge in [0, 0.05) is 17.5 Å². The molecular formula is C17H26NO. The standard InChI is InChI=1S/C17H26NO/c1-14(2)10-13-17(11-6-7-12-17)16(19)18-15-8-4-3-5-9-15/h3-4,8-9,14H,5-7,10-13H2,1-2H3,(H,18,19). The molecular weight excluding hydrogens is 234 g/mol. The van der Waals surface area contributed by atoms with Crippen molar-refractivity contribution in [3.63, 3.8) is 0 Å². The van der Waals surface area contributed by atoms with Gasteiger partial charge in [0.2, 0.25) is 5.91 Å². The number of hydrogen-bond acceptors (Lipinski definition) is 1. The van der Waals surface area contributed by atoms with Crippen LogP contribution in [0.3, 0.4) is 0 Å². The maximum Gasteiger partial charge on any atom is 0.230 e. The molecule has 0 aliphatic heterocycles. The molecule has 19 heavy (non-hydrogen) atoms. The van der Waals surface area contributed by atoms with Crippen LogP contribution < -0.4 is 5.32 Å². The fourth-order valence-corrected chi connectivity index (χ4v) is 3.08. The van der Waals surface area contributed by atoms with Crippen molar-refractivity contribution in [2.24, 2.45) is 11.3 Å². The van der Waals surface area contributed by atoms with Crippen molar-refractivity contribution in [1.29, 1.82) is 0 Å². The summed E-state index contributed by atoms with van der Waals surface area (Å²) in [5.41, 5.74) is 0.878. The first kappa shape index (κ1) is 14.4. The Morgan fingerprint density at radius 3 is 2.68 bits per heavy atom. The summed E-state index contributed by atoms with van der Waals surface area (Å²) < 4.78 is 0. The van der Waals surface area contributed by atoms with E-state index in [1.165, 1.54) is 12.8 Å². The molecule has 1 fully saturated rings. The van der Waals surface area contributed by atoms with Crippen molar-refractivity contribution in [3.8, 4) is 0 Å². The molecule has 0 aromatic rings. The summed E-state index contributed by atoms with van der Waals surface area (Å²) in [6.45, 7) is 4.48. The fourth-order valence-electron chi connectivity index (χ4n) is 3.08. The van der Waals surface area contributed by atoms with E-state index < -0.39 is 0 Å². The molecule has 1 radical (unpaired) electrons. The summed E-state index contributed by atoms with van der Waals surface area (Å²) in [6.07, 6.45) is 15.8. The average Bonchev–Trinajstić information content (AvgIpc) is 2.87. The van der Waals surface area contributed by atoms with Gasteiger partial charge in [0.15, 0.2) is 0 Å². The van der Waals surface area contributed by atoms with Gasteiger partial charge in [-0.2, -0.15) is 0 Å². The summed E-state index contributed by atoms with van der Waals surface area (Å²) >= 11 is 0. The maximum atomic E-state index is 12.7. The first-order valence-electron chi connectivity index (χ1n) is 7.64. The Morgan fingerprint density at radius 2 is 2.11 bits per heavy atom. The van der Waals surface area contributed by atoms with Gasteiger partial charge in [0.25, 0.3) is 0 Å². The highest BCUT2D eigenvalue weighted by atomic mass is 16.2. The Kier molecular flexibility index (Phi) is 4.84. The molecule has 0 aromatic heterocycles. The molecule has 2 aliphatic carbocycles. The van der Waals surface area contributed by atoms with Gasteiger partial charge in [-0.25, -0.2) is 0 Å². The van der Waals surface area contributed by atoms with Crippen LogP contribution in [0.2, 0.25) is 0 Å². The zero-order valence-corrected chi connectivity index (χ0v) is 12.2. The molecule has 2 nitrogen and oxygen atoms in total. The van der Waals surface area contributed by atoms with E-state index in [0.29, 0.717) is 5.92 Å². The van der Waals surface area contributed by atoms with Crippen LogP contribution in [0.4, 0.5) is 0 Å². The first-order chi connectivity index (χ1) is 9.12. The van der Waals surface area contributed by atoms with E-state index in [1.54, 1.807) is 0 Å². The summed E-state index contributed by atoms with van der Waals surface area (Å²) in [4.78, 5) is 12.7. The van der Waals surface area contributed by atoms with Crippen LogP contribution in [0.5, 0.6) is 0 Å². The van der Waals surface area contributed by atoms with Crippen molar-refractivity contribution in [2.75, 3.05) is 0 Å². The zero-order valence-electron chi connectivity index (χ0n) is 12.2. The van der Waals surface area contributed by atoms with Crippen molar-refractivity contribution >= 4 is 5.91 Å². The van der Waals surface area contributed by atoms with Gasteiger partial charge in [0.05, 0.1) is 0 Å². The number of amides is 1. The minimum atomic E-state index is -0.0971. The quantitative estimate of drug-likeness (QED) is 0.790. The Hall–Kier alpha value is -1.05. The predicted molar refractivity (Wildman–Crippen MR) is 79.3 cm³/mol. The van der Waals surface area contributed by atoms with E-state index in [9.17, 15) is 4.79 Å². The number of carbonyl (C=O) groups is 1. The van der Waals surface area contributed by atoms with E-state index in [1.807, 2.05) is 12.2 Å². The van der Waals surface area contributed by atoms with Gasteiger partial charge in [-0.3, -0.25) is 4.79 Å². The normalized spacial score (nSPS) is 21.5. The highest BCUT2D eigenvalue weighted by molar-refractivity contribution is 5.84. The number of carbonyl (C=O) groups excluding carboxylic acids is 1. The molecule has 1 amide bonds. The molecule has 0 atom stereocenters. The van der Waals surface area contributed by atoms with Crippen LogP contribution in [-0.4, -0.2) is 5.91 Å². The minimum Gasteiger partial charge on any atom is -0.329 e. The van der Waals surface area contributed by atoms with Crippen LogP contribution in [-0.2, 0) is 4.79 Å². The third-order valence-electron chi connectivity index (χ3n) is 4.39. The second-order valence-corrected chi connectivity index (χ2v) is 6.36. The molecule has 0 spiro atoms. The van der Waals surface area contributed by atoms with Crippen molar-refractivity contribution in [3.05, 3.63) is 30.3 Å². The molecule has 105 valence electrons. The topological polar surface area (TPSA) is 29.1 Å². The summed E-state index contributed by atoms with van der Waals surface area (Å²) in [5.74, 6) is 0.928. The number of rotatable bonds is 5. The summed E-state index contributed by atoms with van der Waals surface area (Å²) in [6, 6.07) is 0. The molecule has 2 rings (SSSR count). The third-order valence-corrected chi connectivity index (χ3v) is 4.39. The van der Waals surface area contributed by atoms with Crippen LogP contribution in [0.1, 0.15) is 58.8 Å². The molecule has 0 unspecified atom stereocenters. The molecule has 0 bridgehead atoms. The monoisotopic (exact) mass is 260 g/mol. The molecule has 0 heterocycles. The molecule has 2 aliphatic rings. The Labute approximate surface area is 117 Å². The summed E-state index contributed by atoms with van der Waals surface area (Å²) in [5, 5.41) is 3.14. The van der Waals surface area contributed by atoms with Gasteiger partial charge < -0.3 is 5.32 Å². The third kappa shape index (κ3) is 3.71. The Balaban J connectivity index is 1.99. The Morgan fingerprint density at radius 1 is 1.37 bits per heavy atom. The largest absolute Gasteiger partial charge is 0.329 e. The molecule has 1 N–H and O–H groups in total. The fraction of sp³-hybridized carbons (Fsp3) is 0.647. The average molecular weight is 260 g/mol. The van der Waals surface area contributed by atoms with Gasteiger partial charge in [-0.1, -0.05) is 38.8 Å². The van der Waals surface area contributed by atoms with Gasteiger partial charge in [-0.15, -0.1) is 0 Å². The highest BCUT2D eigenvalue weighted by Crippen LogP contribution is 2.43. The lowest BCUT2D eigenvalue weighted by Crippen LogP contribution is -2.39. The van der Waals surface area contributed by atoms with Crippen LogP contribution >= 0.6 is 0 Å². The van der Waals surface area contributed by atoms with E-state index in [2.05, 4.69) is 31.7 Å². The van der Waals surface area contributed by atoms with E-state index >= 15 is 0 Å². The number of hydrogen-bond donors (Lipinski definition) is 1. The van der Waals surface area contributed by atoms with Crippen molar-refractivity contribution in [1.82, 2.24) is 5.32 Å². The van der Waals surface area contributed by atoms with E-state index in [-0.39, 0.29) is 11.3 Å². The van der Waals surface area contributed by atoms with Gasteiger partial charge in [0.1, 0.15) is 0 Å². The molecule has 0 aromatic carbocycles. The maximum absolute atomic E-state index is 12.7. The van der Waals surface area contributed by atoms with Crippen LogP contribution in [0.25, 0.3) is 0 Å². The minimum absolute atomic E-state index is 0.0971. The van der Waals surface area contributed by atoms with Gasteiger partial charge in [-0.05, 0) is 44.1 Å². The SMILES string of the molecule is CC(C)CCC1(C(=O)NC2=CC=CC[CH]2)CCCC1. The number of allylic oxidation sites excluding steroid dienone is 4. The highest BCUT2D eigenvalue weighted by Gasteiger charge is 2.40. The van der Waals surface area contributed by atoms with Crippen molar-refractivity contribution in [2.45, 2.75) is 58.8 Å². The van der Waals surface area contributed by atoms with Gasteiger partial charge >= 0.3 is 0 Å². The summed E-state index contributed by atoms with van der Waals surface area (Å²) in [7, 11) is 0. The second kappa shape index (κ2) is 6.40. The van der Waals surface area contributed by atoms with Crippen LogP contribution in [0.15, 0.2) is 23.9 Å². The van der Waals surface area contributed by atoms with Crippen LogP contribution in [0, 0.1) is 17.8 Å². The molecule has 0 saturated heterocycles. The smallest absolute Gasteiger partial charge is 0.230 e. The number of nitrogens with one attached hydrogen (secondary N) is 1. The Bertz CT molecular complexity index is 373. The van der Waals surface area contributed by atoms with E-state index in [4.69, 9.17) is 0 Å². The predicted octanol–water partition coefficient (Wildman–Crippen LogP) is 4.15.